The van der Waals surface area contributed by atoms with E-state index in [9.17, 15) is 4.79 Å². The van der Waals surface area contributed by atoms with Crippen LogP contribution >= 0.6 is 0 Å². The van der Waals surface area contributed by atoms with E-state index in [1.807, 2.05) is 13.1 Å². The highest BCUT2D eigenvalue weighted by Crippen LogP contribution is 2.40. The van der Waals surface area contributed by atoms with Gasteiger partial charge in [-0.1, -0.05) is 10.3 Å². The second kappa shape index (κ2) is 5.91. The average Bonchev–Trinajstić information content (AvgIpc) is 3.05. The molecule has 0 radical (unpaired) electrons. The van der Waals surface area contributed by atoms with E-state index in [2.05, 4.69) is 25.7 Å². The SMILES string of the molecule is CCn1cc(-c2noc(CNC(=O)c3cc(C4CC4)on3)n2)cn1. The quantitative estimate of drug-likeness (QED) is 0.733. The summed E-state index contributed by atoms with van der Waals surface area (Å²) in [5.74, 6) is 1.61. The molecule has 1 amide bonds. The van der Waals surface area contributed by atoms with Crippen molar-refractivity contribution in [1.29, 1.82) is 0 Å². The van der Waals surface area contributed by atoms with Crippen molar-refractivity contribution in [1.82, 2.24) is 30.4 Å². The number of rotatable bonds is 6. The number of hydrogen-bond acceptors (Lipinski definition) is 7. The molecule has 0 unspecified atom stereocenters. The summed E-state index contributed by atoms with van der Waals surface area (Å²) in [5.41, 5.74) is 1.03. The largest absolute Gasteiger partial charge is 0.360 e. The van der Waals surface area contributed by atoms with Gasteiger partial charge >= 0.3 is 0 Å². The molecule has 1 aliphatic rings. The van der Waals surface area contributed by atoms with Gasteiger partial charge < -0.3 is 14.4 Å². The molecule has 4 rings (SSSR count). The smallest absolute Gasteiger partial charge is 0.273 e. The summed E-state index contributed by atoms with van der Waals surface area (Å²) in [6, 6.07) is 1.69. The number of nitrogens with zero attached hydrogens (tertiary/aromatic N) is 5. The maximum absolute atomic E-state index is 12.1. The molecule has 0 bridgehead atoms. The number of amides is 1. The van der Waals surface area contributed by atoms with Crippen LogP contribution in [0.5, 0.6) is 0 Å². The third-order valence-electron chi connectivity index (χ3n) is 3.82. The molecular formula is C15H16N6O3. The summed E-state index contributed by atoms with van der Waals surface area (Å²) in [6.07, 6.45) is 5.69. The van der Waals surface area contributed by atoms with Crippen LogP contribution in [-0.2, 0) is 13.1 Å². The second-order valence-corrected chi connectivity index (χ2v) is 5.67. The van der Waals surface area contributed by atoms with Crippen molar-refractivity contribution in [2.24, 2.45) is 0 Å². The fourth-order valence-electron chi connectivity index (χ4n) is 2.30. The Balaban J connectivity index is 1.37. The van der Waals surface area contributed by atoms with E-state index in [0.29, 0.717) is 17.6 Å². The first-order chi connectivity index (χ1) is 11.7. The molecule has 0 aliphatic heterocycles. The Labute approximate surface area is 137 Å². The number of aryl methyl sites for hydroxylation is 1. The number of nitrogens with one attached hydrogen (secondary N) is 1. The molecule has 9 nitrogen and oxygen atoms in total. The van der Waals surface area contributed by atoms with Gasteiger partial charge in [-0.05, 0) is 19.8 Å². The van der Waals surface area contributed by atoms with Crippen molar-refractivity contribution in [3.8, 4) is 11.4 Å². The zero-order chi connectivity index (χ0) is 16.5. The van der Waals surface area contributed by atoms with E-state index in [1.54, 1.807) is 16.9 Å². The van der Waals surface area contributed by atoms with Crippen molar-refractivity contribution in [3.05, 3.63) is 35.8 Å². The van der Waals surface area contributed by atoms with Gasteiger partial charge in [-0.15, -0.1) is 0 Å². The lowest BCUT2D eigenvalue weighted by Gasteiger charge is -1.96. The molecule has 9 heteroatoms. The molecule has 24 heavy (non-hydrogen) atoms. The molecule has 1 saturated carbocycles. The summed E-state index contributed by atoms with van der Waals surface area (Å²) in [4.78, 5) is 16.3. The molecule has 0 atom stereocenters. The summed E-state index contributed by atoms with van der Waals surface area (Å²) >= 11 is 0. The lowest BCUT2D eigenvalue weighted by Crippen LogP contribution is -2.23. The van der Waals surface area contributed by atoms with E-state index >= 15 is 0 Å². The van der Waals surface area contributed by atoms with Crippen LogP contribution in [0.15, 0.2) is 27.5 Å². The van der Waals surface area contributed by atoms with E-state index in [1.165, 1.54) is 0 Å². The molecule has 1 aliphatic carbocycles. The summed E-state index contributed by atoms with van der Waals surface area (Å²) < 4.78 is 12.1. The molecule has 3 heterocycles. The number of carbonyl (C=O) groups is 1. The minimum atomic E-state index is -0.329. The summed E-state index contributed by atoms with van der Waals surface area (Å²) in [5, 5.41) is 14.5. The molecule has 1 fully saturated rings. The van der Waals surface area contributed by atoms with Crippen LogP contribution in [0.25, 0.3) is 11.4 Å². The molecule has 3 aromatic heterocycles. The predicted octanol–water partition coefficient (Wildman–Crippen LogP) is 1.75. The van der Waals surface area contributed by atoms with Crippen LogP contribution in [0, 0.1) is 0 Å². The Morgan fingerprint density at radius 3 is 3.00 bits per heavy atom. The molecule has 3 aromatic rings. The fourth-order valence-corrected chi connectivity index (χ4v) is 2.30. The monoisotopic (exact) mass is 328 g/mol. The van der Waals surface area contributed by atoms with Gasteiger partial charge in [-0.25, -0.2) is 0 Å². The maximum Gasteiger partial charge on any atom is 0.273 e. The van der Waals surface area contributed by atoms with Crippen LogP contribution in [-0.4, -0.2) is 31.0 Å². The van der Waals surface area contributed by atoms with Gasteiger partial charge in [0.15, 0.2) is 5.69 Å². The molecule has 0 spiro atoms. The van der Waals surface area contributed by atoms with E-state index < -0.39 is 0 Å². The first-order valence-electron chi connectivity index (χ1n) is 7.83. The van der Waals surface area contributed by atoms with Crippen molar-refractivity contribution in [2.45, 2.75) is 38.8 Å². The Morgan fingerprint density at radius 1 is 1.38 bits per heavy atom. The minimum absolute atomic E-state index is 0.124. The highest BCUT2D eigenvalue weighted by atomic mass is 16.5. The predicted molar refractivity (Wildman–Crippen MR) is 80.8 cm³/mol. The van der Waals surface area contributed by atoms with Gasteiger partial charge in [-0.2, -0.15) is 10.1 Å². The van der Waals surface area contributed by atoms with Crippen LogP contribution < -0.4 is 5.32 Å². The summed E-state index contributed by atoms with van der Waals surface area (Å²) in [7, 11) is 0. The first-order valence-corrected chi connectivity index (χ1v) is 7.83. The number of carbonyl (C=O) groups excluding carboxylic acids is 1. The van der Waals surface area contributed by atoms with Crippen LogP contribution in [0.3, 0.4) is 0 Å². The van der Waals surface area contributed by atoms with Gasteiger partial charge in [0.05, 0.1) is 18.3 Å². The standard InChI is InChI=1S/C15H16N6O3/c1-2-21-8-10(6-17-21)14-18-13(24-20-14)7-16-15(22)11-5-12(23-19-11)9-3-4-9/h5-6,8-9H,2-4,7H2,1H3,(H,16,22). The Morgan fingerprint density at radius 2 is 2.25 bits per heavy atom. The van der Waals surface area contributed by atoms with Crippen LogP contribution in [0.2, 0.25) is 0 Å². The van der Waals surface area contributed by atoms with E-state index in [0.717, 1.165) is 30.7 Å². The normalized spacial score (nSPS) is 14.0. The second-order valence-electron chi connectivity index (χ2n) is 5.67. The van der Waals surface area contributed by atoms with Gasteiger partial charge in [0, 0.05) is 24.7 Å². The Kier molecular flexibility index (Phi) is 3.60. The van der Waals surface area contributed by atoms with Crippen molar-refractivity contribution >= 4 is 5.91 Å². The highest BCUT2D eigenvalue weighted by Gasteiger charge is 2.28. The average molecular weight is 328 g/mol. The highest BCUT2D eigenvalue weighted by molar-refractivity contribution is 5.92. The lowest BCUT2D eigenvalue weighted by atomic mass is 10.3. The molecule has 0 saturated heterocycles. The number of aromatic nitrogens is 5. The Bertz CT molecular complexity index is 860. The third-order valence-corrected chi connectivity index (χ3v) is 3.82. The Hall–Kier alpha value is -2.97. The molecule has 124 valence electrons. The molecule has 1 N–H and O–H groups in total. The van der Waals surface area contributed by atoms with Crippen molar-refractivity contribution < 1.29 is 13.8 Å². The zero-order valence-corrected chi connectivity index (χ0v) is 13.1. The van der Waals surface area contributed by atoms with Crippen molar-refractivity contribution in [2.75, 3.05) is 0 Å². The fraction of sp³-hybridized carbons (Fsp3) is 0.400. The maximum atomic E-state index is 12.1. The van der Waals surface area contributed by atoms with Gasteiger partial charge in [0.2, 0.25) is 11.7 Å². The molecule has 0 aromatic carbocycles. The van der Waals surface area contributed by atoms with Crippen LogP contribution in [0.1, 0.15) is 47.8 Å². The first kappa shape index (κ1) is 14.6. The summed E-state index contributed by atoms with van der Waals surface area (Å²) in [6.45, 7) is 2.88. The third kappa shape index (κ3) is 2.92. The van der Waals surface area contributed by atoms with Gasteiger partial charge in [-0.3, -0.25) is 9.48 Å². The van der Waals surface area contributed by atoms with Gasteiger partial charge in [0.25, 0.3) is 5.91 Å². The lowest BCUT2D eigenvalue weighted by molar-refractivity contribution is 0.0937. The number of hydrogen-bond donors (Lipinski definition) is 1. The van der Waals surface area contributed by atoms with Crippen LogP contribution in [0.4, 0.5) is 0 Å². The van der Waals surface area contributed by atoms with E-state index in [-0.39, 0.29) is 18.1 Å². The molecular weight excluding hydrogens is 312 g/mol. The van der Waals surface area contributed by atoms with Crippen molar-refractivity contribution in [3.63, 3.8) is 0 Å². The van der Waals surface area contributed by atoms with Gasteiger partial charge in [0.1, 0.15) is 5.76 Å². The zero-order valence-electron chi connectivity index (χ0n) is 13.1. The topological polar surface area (TPSA) is 112 Å². The minimum Gasteiger partial charge on any atom is -0.360 e. The van der Waals surface area contributed by atoms with E-state index in [4.69, 9.17) is 9.05 Å².